The van der Waals surface area contributed by atoms with Gasteiger partial charge in [-0.2, -0.15) is 10.4 Å². The van der Waals surface area contributed by atoms with E-state index in [0.717, 1.165) is 11.3 Å². The predicted octanol–water partition coefficient (Wildman–Crippen LogP) is 1.68. The van der Waals surface area contributed by atoms with Gasteiger partial charge in [0.05, 0.1) is 40.3 Å². The van der Waals surface area contributed by atoms with Gasteiger partial charge in [-0.3, -0.25) is 4.79 Å². The maximum absolute atomic E-state index is 11.3. The third-order valence-electron chi connectivity index (χ3n) is 5.02. The van der Waals surface area contributed by atoms with E-state index in [9.17, 15) is 15.2 Å². The fraction of sp³-hybridized carbons (Fsp3) is 0.174. The molecule has 1 fully saturated rings. The second-order valence-electron chi connectivity index (χ2n) is 7.60. The molecule has 148 valence electrons. The Hall–Kier alpha value is -4.07. The molecule has 1 aliphatic rings. The summed E-state index contributed by atoms with van der Waals surface area (Å²) in [7, 11) is 0. The molecule has 3 heterocycles. The van der Waals surface area contributed by atoms with E-state index in [1.54, 1.807) is 35.7 Å². The molecule has 4 rings (SSSR count). The topological polar surface area (TPSA) is 108 Å². The molecular weight excluding hydrogens is 378 g/mol. The quantitative estimate of drug-likeness (QED) is 0.516. The SMILES string of the molecule is C=C(C(N)=O)c1ccc(C#Cc2cc(N3CC(C)(O)C3)cn3ncc(C#N)c23)cc1. The Morgan fingerprint density at radius 1 is 1.27 bits per heavy atom. The van der Waals surface area contributed by atoms with Gasteiger partial charge in [-0.25, -0.2) is 4.52 Å². The van der Waals surface area contributed by atoms with Crippen LogP contribution in [0.3, 0.4) is 0 Å². The van der Waals surface area contributed by atoms with E-state index in [1.165, 1.54) is 6.20 Å². The number of rotatable bonds is 3. The average Bonchev–Trinajstić information content (AvgIpc) is 3.13. The van der Waals surface area contributed by atoms with Crippen molar-refractivity contribution in [1.82, 2.24) is 9.61 Å². The van der Waals surface area contributed by atoms with Crippen molar-refractivity contribution in [2.45, 2.75) is 12.5 Å². The van der Waals surface area contributed by atoms with Gasteiger partial charge in [0.1, 0.15) is 6.07 Å². The third kappa shape index (κ3) is 3.50. The standard InChI is InChI=1S/C23H19N5O2/c1-15(22(25)29)17-6-3-16(4-7-17)5-8-18-9-20(27-13-23(2,30)14-27)12-28-21(18)19(10-24)11-26-28/h3-4,6-7,9,11-12,30H,1,13-14H2,2H3,(H2,25,29). The summed E-state index contributed by atoms with van der Waals surface area (Å²) in [6.07, 6.45) is 3.35. The Balaban J connectivity index is 1.72. The maximum atomic E-state index is 11.3. The van der Waals surface area contributed by atoms with Gasteiger partial charge in [-0.05, 0) is 30.7 Å². The highest BCUT2D eigenvalue weighted by Crippen LogP contribution is 2.29. The average molecular weight is 397 g/mol. The lowest BCUT2D eigenvalue weighted by atomic mass is 9.96. The van der Waals surface area contributed by atoms with Crippen molar-refractivity contribution in [3.63, 3.8) is 0 Å². The van der Waals surface area contributed by atoms with Crippen molar-refractivity contribution in [3.8, 4) is 17.9 Å². The van der Waals surface area contributed by atoms with Gasteiger partial charge < -0.3 is 15.7 Å². The summed E-state index contributed by atoms with van der Waals surface area (Å²) < 4.78 is 1.64. The largest absolute Gasteiger partial charge is 0.386 e. The number of pyridine rings is 1. The summed E-state index contributed by atoms with van der Waals surface area (Å²) in [5.41, 5.74) is 8.80. The lowest BCUT2D eigenvalue weighted by molar-refractivity contribution is -0.112. The zero-order valence-corrected chi connectivity index (χ0v) is 16.4. The molecule has 3 aromatic rings. The van der Waals surface area contributed by atoms with Crippen molar-refractivity contribution in [3.05, 3.63) is 71.6 Å². The smallest absolute Gasteiger partial charge is 0.248 e. The number of β-amino-alcohol motifs (C(OH)–C–C–N with tert-alkyl or cyclic N) is 1. The van der Waals surface area contributed by atoms with E-state index in [2.05, 4.69) is 29.6 Å². The van der Waals surface area contributed by atoms with Gasteiger partial charge in [-0.15, -0.1) is 0 Å². The number of carbonyl (C=O) groups is 1. The highest BCUT2D eigenvalue weighted by Gasteiger charge is 2.37. The minimum atomic E-state index is -0.709. The lowest BCUT2D eigenvalue weighted by Crippen LogP contribution is -2.60. The van der Waals surface area contributed by atoms with Gasteiger partial charge in [0.2, 0.25) is 5.91 Å². The number of benzene rings is 1. The zero-order chi connectivity index (χ0) is 21.5. The van der Waals surface area contributed by atoms with Crippen LogP contribution in [0.5, 0.6) is 0 Å². The number of primary amides is 1. The van der Waals surface area contributed by atoms with Crippen molar-refractivity contribution in [2.75, 3.05) is 18.0 Å². The number of amides is 1. The van der Waals surface area contributed by atoms with Crippen LogP contribution in [0, 0.1) is 23.2 Å². The van der Waals surface area contributed by atoms with Crippen LogP contribution in [0.25, 0.3) is 11.1 Å². The highest BCUT2D eigenvalue weighted by atomic mass is 16.3. The van der Waals surface area contributed by atoms with Crippen LogP contribution in [0.1, 0.15) is 29.2 Å². The predicted molar refractivity (Wildman–Crippen MR) is 113 cm³/mol. The summed E-state index contributed by atoms with van der Waals surface area (Å²) in [4.78, 5) is 13.3. The fourth-order valence-corrected chi connectivity index (χ4v) is 3.45. The number of carbonyl (C=O) groups excluding carboxylic acids is 1. The summed E-state index contributed by atoms with van der Waals surface area (Å²) >= 11 is 0. The third-order valence-corrected chi connectivity index (χ3v) is 5.02. The van der Waals surface area contributed by atoms with E-state index < -0.39 is 11.5 Å². The van der Waals surface area contributed by atoms with E-state index in [4.69, 9.17) is 5.73 Å². The zero-order valence-electron chi connectivity index (χ0n) is 16.4. The molecule has 7 heteroatoms. The van der Waals surface area contributed by atoms with E-state index >= 15 is 0 Å². The van der Waals surface area contributed by atoms with Gasteiger partial charge in [0, 0.05) is 24.2 Å². The number of aliphatic hydroxyl groups is 1. The fourth-order valence-electron chi connectivity index (χ4n) is 3.45. The molecule has 0 unspecified atom stereocenters. The summed E-state index contributed by atoms with van der Waals surface area (Å²) in [6.45, 7) is 6.50. The second kappa shape index (κ2) is 7.07. The molecule has 1 amide bonds. The molecular formula is C23H19N5O2. The first-order valence-electron chi connectivity index (χ1n) is 9.27. The van der Waals surface area contributed by atoms with Crippen molar-refractivity contribution in [2.24, 2.45) is 5.73 Å². The molecule has 2 aromatic heterocycles. The Kier molecular flexibility index (Phi) is 4.54. The molecule has 0 spiro atoms. The second-order valence-corrected chi connectivity index (χ2v) is 7.60. The normalized spacial score (nSPS) is 14.4. The maximum Gasteiger partial charge on any atom is 0.248 e. The minimum absolute atomic E-state index is 0.243. The van der Waals surface area contributed by atoms with Crippen LogP contribution in [0.2, 0.25) is 0 Å². The number of hydrogen-bond donors (Lipinski definition) is 2. The molecule has 0 saturated carbocycles. The van der Waals surface area contributed by atoms with Crippen molar-refractivity contribution in [1.29, 1.82) is 5.26 Å². The number of nitriles is 1. The van der Waals surface area contributed by atoms with E-state index in [0.29, 0.717) is 35.3 Å². The Bertz CT molecular complexity index is 1280. The molecule has 0 bridgehead atoms. The molecule has 0 aliphatic carbocycles. The van der Waals surface area contributed by atoms with Crippen LogP contribution in [0.4, 0.5) is 5.69 Å². The Labute approximate surface area is 173 Å². The van der Waals surface area contributed by atoms with Crippen molar-refractivity contribution < 1.29 is 9.90 Å². The molecule has 30 heavy (non-hydrogen) atoms. The molecule has 0 radical (unpaired) electrons. The number of anilines is 1. The Morgan fingerprint density at radius 3 is 2.57 bits per heavy atom. The first-order chi connectivity index (χ1) is 14.3. The number of fused-ring (bicyclic) bond motifs is 1. The van der Waals surface area contributed by atoms with Crippen LogP contribution >= 0.6 is 0 Å². The molecule has 0 atom stereocenters. The van der Waals surface area contributed by atoms with Crippen LogP contribution in [-0.2, 0) is 4.79 Å². The van der Waals surface area contributed by atoms with Gasteiger partial charge in [0.15, 0.2) is 0 Å². The summed E-state index contributed by atoms with van der Waals surface area (Å²) in [6, 6.07) is 11.1. The molecule has 1 aromatic carbocycles. The monoisotopic (exact) mass is 397 g/mol. The number of nitrogens with zero attached hydrogens (tertiary/aromatic N) is 4. The van der Waals surface area contributed by atoms with Gasteiger partial charge in [0.25, 0.3) is 0 Å². The van der Waals surface area contributed by atoms with Crippen LogP contribution in [0.15, 0.2) is 49.3 Å². The van der Waals surface area contributed by atoms with Crippen LogP contribution < -0.4 is 10.6 Å². The van der Waals surface area contributed by atoms with Gasteiger partial charge in [-0.1, -0.05) is 30.6 Å². The van der Waals surface area contributed by atoms with Crippen LogP contribution in [-0.4, -0.2) is 39.3 Å². The minimum Gasteiger partial charge on any atom is -0.386 e. The molecule has 7 nitrogen and oxygen atoms in total. The summed E-state index contributed by atoms with van der Waals surface area (Å²) in [5, 5.41) is 23.7. The number of aromatic nitrogens is 2. The number of nitrogens with two attached hydrogens (primary N) is 1. The lowest BCUT2D eigenvalue weighted by Gasteiger charge is -2.45. The highest BCUT2D eigenvalue weighted by molar-refractivity contribution is 6.17. The summed E-state index contributed by atoms with van der Waals surface area (Å²) in [5.74, 6) is 5.66. The number of hydrogen-bond acceptors (Lipinski definition) is 5. The van der Waals surface area contributed by atoms with E-state index in [-0.39, 0.29) is 5.57 Å². The first kappa shape index (κ1) is 19.3. The first-order valence-corrected chi connectivity index (χ1v) is 9.27. The van der Waals surface area contributed by atoms with Crippen molar-refractivity contribution >= 4 is 22.7 Å². The van der Waals surface area contributed by atoms with E-state index in [1.807, 2.05) is 17.2 Å². The molecule has 1 saturated heterocycles. The molecule has 3 N–H and O–H groups in total. The molecule has 1 aliphatic heterocycles. The van der Waals surface area contributed by atoms with Gasteiger partial charge >= 0.3 is 0 Å². The Morgan fingerprint density at radius 2 is 1.97 bits per heavy atom.